The van der Waals surface area contributed by atoms with Crippen LogP contribution in [-0.2, 0) is 4.79 Å². The monoisotopic (exact) mass is 287 g/mol. The second kappa shape index (κ2) is 5.33. The van der Waals surface area contributed by atoms with Gasteiger partial charge in [-0.25, -0.2) is 4.79 Å². The molecular formula is C11H10ClNO6. The third-order valence-corrected chi connectivity index (χ3v) is 2.76. The number of carbonyl (C=O) groups is 2. The molecular weight excluding hydrogens is 278 g/mol. The Morgan fingerprint density at radius 2 is 2.16 bits per heavy atom. The highest BCUT2D eigenvalue weighted by atomic mass is 35.5. The van der Waals surface area contributed by atoms with Crippen LogP contribution in [0, 0.1) is 0 Å². The topological polar surface area (TPSA) is 105 Å². The quantitative estimate of drug-likeness (QED) is 0.733. The van der Waals surface area contributed by atoms with E-state index in [1.807, 2.05) is 0 Å². The number of aliphatic hydroxyl groups is 1. The third kappa shape index (κ3) is 2.72. The van der Waals surface area contributed by atoms with Crippen LogP contribution in [0.1, 0.15) is 10.4 Å². The van der Waals surface area contributed by atoms with Gasteiger partial charge in [0, 0.05) is 5.56 Å². The number of carbonyl (C=O) groups excluding carboxylic acids is 1. The molecule has 1 aliphatic rings. The maximum Gasteiger partial charge on any atom is 0.328 e. The van der Waals surface area contributed by atoms with Crippen LogP contribution >= 0.6 is 11.6 Å². The summed E-state index contributed by atoms with van der Waals surface area (Å²) in [4.78, 5) is 22.5. The zero-order valence-corrected chi connectivity index (χ0v) is 10.3. The van der Waals surface area contributed by atoms with Gasteiger partial charge < -0.3 is 25.0 Å². The van der Waals surface area contributed by atoms with Gasteiger partial charge in [-0.1, -0.05) is 11.6 Å². The van der Waals surface area contributed by atoms with Gasteiger partial charge in [0.25, 0.3) is 5.91 Å². The average Bonchev–Trinajstić information content (AvgIpc) is 2.83. The highest BCUT2D eigenvalue weighted by Gasteiger charge is 2.23. The Morgan fingerprint density at radius 1 is 1.42 bits per heavy atom. The second-order valence-corrected chi connectivity index (χ2v) is 4.15. The molecule has 0 aromatic heterocycles. The predicted molar refractivity (Wildman–Crippen MR) is 63.6 cm³/mol. The Morgan fingerprint density at radius 3 is 2.79 bits per heavy atom. The predicted octanol–water partition coefficient (Wildman–Crippen LogP) is 0.244. The molecule has 0 bridgehead atoms. The summed E-state index contributed by atoms with van der Waals surface area (Å²) in [5.74, 6) is -1.35. The van der Waals surface area contributed by atoms with E-state index in [1.165, 1.54) is 12.1 Å². The number of halogens is 1. The van der Waals surface area contributed by atoms with Gasteiger partial charge in [-0.15, -0.1) is 0 Å². The number of rotatable bonds is 4. The molecule has 19 heavy (non-hydrogen) atoms. The summed E-state index contributed by atoms with van der Waals surface area (Å²) in [6.45, 7) is -0.701. The minimum Gasteiger partial charge on any atom is -0.480 e. The highest BCUT2D eigenvalue weighted by molar-refractivity contribution is 6.32. The van der Waals surface area contributed by atoms with Crippen LogP contribution in [0.15, 0.2) is 12.1 Å². The first kappa shape index (κ1) is 13.4. The van der Waals surface area contributed by atoms with Crippen molar-refractivity contribution in [3.63, 3.8) is 0 Å². The largest absolute Gasteiger partial charge is 0.480 e. The lowest BCUT2D eigenvalue weighted by Crippen LogP contribution is -2.43. The minimum absolute atomic E-state index is 0.00845. The standard InChI is InChI=1S/C11H10ClNO6/c12-6-1-5(2-8-9(6)19-4-18-8)10(15)13-7(3-14)11(16)17/h1-2,7,14H,3-4H2,(H,13,15)(H,16,17)/t7-/m0/s1. The van der Waals surface area contributed by atoms with Crippen LogP contribution in [0.25, 0.3) is 0 Å². The van der Waals surface area contributed by atoms with Crippen molar-refractivity contribution >= 4 is 23.5 Å². The fourth-order valence-corrected chi connectivity index (χ4v) is 1.79. The van der Waals surface area contributed by atoms with Gasteiger partial charge in [0.2, 0.25) is 6.79 Å². The van der Waals surface area contributed by atoms with Crippen molar-refractivity contribution in [2.45, 2.75) is 6.04 Å². The minimum atomic E-state index is -1.38. The highest BCUT2D eigenvalue weighted by Crippen LogP contribution is 2.39. The number of carboxylic acids is 1. The van der Waals surface area contributed by atoms with Crippen LogP contribution in [0.5, 0.6) is 11.5 Å². The summed E-state index contributed by atoms with van der Waals surface area (Å²) in [5, 5.41) is 19.9. The Hall–Kier alpha value is -1.99. The number of aliphatic carboxylic acids is 1. The Bertz CT molecular complexity index is 532. The van der Waals surface area contributed by atoms with Crippen molar-refractivity contribution in [2.75, 3.05) is 13.4 Å². The molecule has 0 fully saturated rings. The molecule has 102 valence electrons. The molecule has 0 unspecified atom stereocenters. The van der Waals surface area contributed by atoms with E-state index in [-0.39, 0.29) is 17.4 Å². The van der Waals surface area contributed by atoms with Gasteiger partial charge in [0.15, 0.2) is 17.5 Å². The fourth-order valence-electron chi connectivity index (χ4n) is 1.53. The zero-order chi connectivity index (χ0) is 14.0. The van der Waals surface area contributed by atoms with Gasteiger partial charge in [0.05, 0.1) is 11.6 Å². The first-order valence-electron chi connectivity index (χ1n) is 5.26. The van der Waals surface area contributed by atoms with E-state index in [0.29, 0.717) is 11.5 Å². The lowest BCUT2D eigenvalue weighted by Gasteiger charge is -2.12. The fraction of sp³-hybridized carbons (Fsp3) is 0.273. The Labute approximate surface area is 112 Å². The number of fused-ring (bicyclic) bond motifs is 1. The first-order valence-corrected chi connectivity index (χ1v) is 5.64. The molecule has 0 saturated carbocycles. The van der Waals surface area contributed by atoms with E-state index in [2.05, 4.69) is 5.32 Å². The molecule has 0 spiro atoms. The summed E-state index contributed by atoms with van der Waals surface area (Å²) in [6, 6.07) is 1.34. The maximum atomic E-state index is 11.8. The number of benzene rings is 1. The van der Waals surface area contributed by atoms with Crippen LogP contribution in [0.2, 0.25) is 5.02 Å². The summed E-state index contributed by atoms with van der Waals surface area (Å²) >= 11 is 5.90. The van der Waals surface area contributed by atoms with Crippen LogP contribution in [0.4, 0.5) is 0 Å². The number of aliphatic hydroxyl groups excluding tert-OH is 1. The SMILES string of the molecule is O=C(N[C@@H](CO)C(=O)O)c1cc(Cl)c2c(c1)OCO2. The lowest BCUT2D eigenvalue weighted by molar-refractivity contribution is -0.140. The van der Waals surface area contributed by atoms with Crippen LogP contribution in [0.3, 0.4) is 0 Å². The number of carboxylic acid groups (broad SMARTS) is 1. The van der Waals surface area contributed by atoms with Crippen LogP contribution in [-0.4, -0.2) is 41.5 Å². The van der Waals surface area contributed by atoms with E-state index in [1.54, 1.807) is 0 Å². The number of nitrogens with one attached hydrogen (secondary N) is 1. The van der Waals surface area contributed by atoms with Crippen LogP contribution < -0.4 is 14.8 Å². The van der Waals surface area contributed by atoms with Crippen molar-refractivity contribution in [2.24, 2.45) is 0 Å². The molecule has 3 N–H and O–H groups in total. The van der Waals surface area contributed by atoms with E-state index >= 15 is 0 Å². The molecule has 1 atom stereocenters. The molecule has 1 amide bonds. The molecule has 7 nitrogen and oxygen atoms in total. The zero-order valence-electron chi connectivity index (χ0n) is 9.55. The summed E-state index contributed by atoms with van der Waals surface area (Å²) in [7, 11) is 0. The van der Waals surface area contributed by atoms with E-state index in [4.69, 9.17) is 31.3 Å². The molecule has 0 saturated heterocycles. The van der Waals surface area contributed by atoms with Crippen molar-refractivity contribution in [3.8, 4) is 11.5 Å². The summed E-state index contributed by atoms with van der Waals surface area (Å²) < 4.78 is 10.2. The van der Waals surface area contributed by atoms with E-state index < -0.39 is 24.5 Å². The van der Waals surface area contributed by atoms with Gasteiger partial charge >= 0.3 is 5.97 Å². The summed E-state index contributed by atoms with van der Waals surface area (Å²) in [5.41, 5.74) is 0.119. The number of hydrogen-bond acceptors (Lipinski definition) is 5. The molecule has 1 aliphatic heterocycles. The van der Waals surface area contributed by atoms with Gasteiger partial charge in [-0.3, -0.25) is 4.79 Å². The normalized spacial score (nSPS) is 14.0. The number of ether oxygens (including phenoxy) is 2. The van der Waals surface area contributed by atoms with Crippen molar-refractivity contribution in [1.82, 2.24) is 5.32 Å². The Kier molecular flexibility index (Phi) is 3.77. The molecule has 2 rings (SSSR count). The molecule has 0 aliphatic carbocycles. The van der Waals surface area contributed by atoms with E-state index in [9.17, 15) is 9.59 Å². The lowest BCUT2D eigenvalue weighted by atomic mass is 10.1. The third-order valence-electron chi connectivity index (χ3n) is 2.48. The Balaban J connectivity index is 2.20. The van der Waals surface area contributed by atoms with E-state index in [0.717, 1.165) is 0 Å². The number of hydrogen-bond donors (Lipinski definition) is 3. The molecule has 8 heteroatoms. The number of amides is 1. The van der Waals surface area contributed by atoms with Gasteiger partial charge in [-0.2, -0.15) is 0 Å². The first-order chi connectivity index (χ1) is 9.02. The molecule has 1 aromatic rings. The van der Waals surface area contributed by atoms with Gasteiger partial charge in [-0.05, 0) is 12.1 Å². The van der Waals surface area contributed by atoms with Crippen molar-refractivity contribution in [3.05, 3.63) is 22.7 Å². The van der Waals surface area contributed by atoms with Crippen molar-refractivity contribution < 1.29 is 29.3 Å². The average molecular weight is 288 g/mol. The van der Waals surface area contributed by atoms with Crippen molar-refractivity contribution in [1.29, 1.82) is 0 Å². The maximum absolute atomic E-state index is 11.8. The smallest absolute Gasteiger partial charge is 0.328 e. The molecule has 0 radical (unpaired) electrons. The molecule has 1 aromatic carbocycles. The molecule has 1 heterocycles. The summed E-state index contributed by atoms with van der Waals surface area (Å²) in [6.07, 6.45) is 0. The second-order valence-electron chi connectivity index (χ2n) is 3.74. The van der Waals surface area contributed by atoms with Gasteiger partial charge in [0.1, 0.15) is 0 Å².